The highest BCUT2D eigenvalue weighted by atomic mass is 35.5. The quantitative estimate of drug-likeness (QED) is 0.492. The van der Waals surface area contributed by atoms with Crippen LogP contribution in [-0.4, -0.2) is 47.8 Å². The average molecular weight is 310 g/mol. The normalized spacial score (nSPS) is 14.6. The molecule has 0 aromatic rings. The van der Waals surface area contributed by atoms with Crippen molar-refractivity contribution in [2.24, 2.45) is 0 Å². The summed E-state index contributed by atoms with van der Waals surface area (Å²) in [6.45, 7) is 4.64. The second-order valence-corrected chi connectivity index (χ2v) is 6.85. The summed E-state index contributed by atoms with van der Waals surface area (Å²) in [6, 6.07) is 0. The van der Waals surface area contributed by atoms with Crippen LogP contribution in [0.25, 0.3) is 0 Å². The van der Waals surface area contributed by atoms with E-state index in [-0.39, 0.29) is 12.4 Å². The molecule has 0 bridgehead atoms. The van der Waals surface area contributed by atoms with Crippen molar-refractivity contribution in [2.45, 2.75) is 44.8 Å². The molecule has 0 aliphatic carbocycles. The molecule has 17 heavy (non-hydrogen) atoms. The molecule has 1 atom stereocenters. The van der Waals surface area contributed by atoms with E-state index in [2.05, 4.69) is 21.1 Å². The Hall–Kier alpha value is 0.720. The van der Waals surface area contributed by atoms with Gasteiger partial charge in [-0.15, -0.1) is 3.94 Å². The van der Waals surface area contributed by atoms with Crippen LogP contribution >= 0.6 is 23.6 Å². The minimum atomic E-state index is -0.846. The van der Waals surface area contributed by atoms with E-state index in [4.69, 9.17) is 23.6 Å². The molecule has 0 aliphatic rings. The van der Waals surface area contributed by atoms with Gasteiger partial charge in [0.2, 0.25) is 0 Å². The summed E-state index contributed by atoms with van der Waals surface area (Å²) in [5, 5.41) is 0. The van der Waals surface area contributed by atoms with Crippen LogP contribution < -0.4 is 12.4 Å². The Morgan fingerprint density at radius 3 is 2.06 bits per heavy atom. The van der Waals surface area contributed by atoms with Gasteiger partial charge < -0.3 is 16.9 Å². The molecule has 0 aromatic carbocycles. The van der Waals surface area contributed by atoms with Crippen LogP contribution in [0.4, 0.5) is 4.39 Å². The van der Waals surface area contributed by atoms with E-state index < -0.39 is 11.7 Å². The highest BCUT2D eigenvalue weighted by Gasteiger charge is 2.28. The van der Waals surface area contributed by atoms with Crippen molar-refractivity contribution < 1.29 is 21.3 Å². The average Bonchev–Trinajstić information content (AvgIpc) is 1.99. The Labute approximate surface area is 121 Å². The van der Waals surface area contributed by atoms with Crippen LogP contribution in [0.15, 0.2) is 0 Å². The van der Waals surface area contributed by atoms with E-state index in [9.17, 15) is 4.39 Å². The van der Waals surface area contributed by atoms with Crippen molar-refractivity contribution in [2.75, 3.05) is 27.7 Å². The Kier molecular flexibility index (Phi) is 9.44. The summed E-state index contributed by atoms with van der Waals surface area (Å²) in [6.07, 6.45) is 0.963. The third-order valence-corrected chi connectivity index (χ3v) is 3.44. The van der Waals surface area contributed by atoms with Crippen molar-refractivity contribution in [3.63, 3.8) is 0 Å². The van der Waals surface area contributed by atoms with E-state index in [1.54, 1.807) is 0 Å². The lowest BCUT2D eigenvalue weighted by molar-refractivity contribution is -0.870. The molecule has 2 nitrogen and oxygen atoms in total. The van der Waals surface area contributed by atoms with Crippen molar-refractivity contribution in [1.29, 1.82) is 0 Å². The van der Waals surface area contributed by atoms with Crippen LogP contribution in [0.3, 0.4) is 0 Å². The molecule has 6 heteroatoms. The highest BCUT2D eigenvalue weighted by molar-refractivity contribution is 6.34. The maximum Gasteiger partial charge on any atom is 0.102 e. The molecule has 0 aromatic heterocycles. The molecule has 0 radical (unpaired) electrons. The summed E-state index contributed by atoms with van der Waals surface area (Å²) < 4.78 is 15.6. The number of nitrogens with zero attached hydrogens (tertiary/aromatic N) is 2. The molecule has 0 saturated heterocycles. The minimum absolute atomic E-state index is 0. The van der Waals surface area contributed by atoms with E-state index in [0.29, 0.717) is 12.8 Å². The Morgan fingerprint density at radius 1 is 1.24 bits per heavy atom. The van der Waals surface area contributed by atoms with Crippen LogP contribution in [0, 0.1) is 0 Å². The van der Waals surface area contributed by atoms with Gasteiger partial charge in [-0.2, -0.15) is 0 Å². The fourth-order valence-corrected chi connectivity index (χ4v) is 1.64. The highest BCUT2D eigenvalue weighted by Crippen LogP contribution is 2.27. The zero-order valence-corrected chi connectivity index (χ0v) is 13.6. The van der Waals surface area contributed by atoms with E-state index >= 15 is 0 Å². The molecule has 0 aliphatic heterocycles. The summed E-state index contributed by atoms with van der Waals surface area (Å²) in [5.74, 6) is 0. The lowest BCUT2D eigenvalue weighted by atomic mass is 9.96. The van der Waals surface area contributed by atoms with Crippen molar-refractivity contribution in [3.05, 3.63) is 0 Å². The minimum Gasteiger partial charge on any atom is -1.00 e. The molecule has 0 heterocycles. The molecule has 0 N–H and O–H groups in total. The third-order valence-electron chi connectivity index (χ3n) is 2.52. The smallest absolute Gasteiger partial charge is 0.102 e. The zero-order chi connectivity index (χ0) is 13.0. The summed E-state index contributed by atoms with van der Waals surface area (Å²) in [4.78, 5) is 0. The van der Waals surface area contributed by atoms with Crippen LogP contribution in [0.1, 0.15) is 33.1 Å². The first kappa shape index (κ1) is 20.0. The third kappa shape index (κ3) is 10.3. The van der Waals surface area contributed by atoms with Gasteiger partial charge in [0.05, 0.1) is 27.7 Å². The number of hydrogen-bond donors (Lipinski definition) is 0. The first-order valence-electron chi connectivity index (χ1n) is 5.61. The molecule has 0 amide bonds. The number of quaternary nitrogens is 1. The van der Waals surface area contributed by atoms with Gasteiger partial charge >= 0.3 is 0 Å². The molecule has 106 valence electrons. The van der Waals surface area contributed by atoms with Gasteiger partial charge in [0.15, 0.2) is 0 Å². The molecular weight excluding hydrogens is 285 g/mol. The molecule has 1 unspecified atom stereocenters. The number of rotatable bonds is 7. The van der Waals surface area contributed by atoms with Crippen molar-refractivity contribution in [1.82, 2.24) is 3.94 Å². The summed E-state index contributed by atoms with van der Waals surface area (Å²) >= 11 is 11.3. The van der Waals surface area contributed by atoms with Gasteiger partial charge in [-0.25, -0.2) is 4.39 Å². The molecular formula is C11H24Cl3FN2. The van der Waals surface area contributed by atoms with Gasteiger partial charge in [-0.3, -0.25) is 0 Å². The zero-order valence-electron chi connectivity index (χ0n) is 11.3. The molecule has 0 saturated carbocycles. The predicted molar refractivity (Wildman–Crippen MR) is 69.3 cm³/mol. The van der Waals surface area contributed by atoms with E-state index in [0.717, 1.165) is 21.4 Å². The lowest BCUT2D eigenvalue weighted by Crippen LogP contribution is -3.00. The maximum atomic E-state index is 13.7. The Morgan fingerprint density at radius 2 is 1.71 bits per heavy atom. The summed E-state index contributed by atoms with van der Waals surface area (Å²) in [7, 11) is 6.32. The molecule has 0 rings (SSSR count). The van der Waals surface area contributed by atoms with E-state index in [1.165, 1.54) is 0 Å². The van der Waals surface area contributed by atoms with Gasteiger partial charge in [0.1, 0.15) is 6.17 Å². The maximum absolute atomic E-state index is 13.7. The number of halogens is 4. The molecule has 0 spiro atoms. The van der Waals surface area contributed by atoms with Crippen LogP contribution in [-0.2, 0) is 0 Å². The second kappa shape index (κ2) is 8.00. The van der Waals surface area contributed by atoms with E-state index in [1.807, 2.05) is 13.8 Å². The largest absolute Gasteiger partial charge is 1.00 e. The van der Waals surface area contributed by atoms with Crippen LogP contribution in [0.5, 0.6) is 0 Å². The monoisotopic (exact) mass is 308 g/mol. The first-order chi connectivity index (χ1) is 7.04. The molecule has 0 fully saturated rings. The van der Waals surface area contributed by atoms with Crippen molar-refractivity contribution in [3.8, 4) is 0 Å². The SMILES string of the molecule is CC(C)(CC(F)CCC[N+](C)(C)C)N(Cl)Cl.[Cl-]. The number of hydrogen-bond acceptors (Lipinski definition) is 1. The standard InChI is InChI=1S/C11H24Cl2FN2.ClH/c1-11(2,15(12)13)9-10(14)7-6-8-16(3,4)5;/h10H,6-9H2,1-5H3;1H/q+1;/p-1. The van der Waals surface area contributed by atoms with Crippen molar-refractivity contribution >= 4 is 23.6 Å². The second-order valence-electron chi connectivity index (χ2n) is 6.00. The Bertz CT molecular complexity index is 205. The van der Waals surface area contributed by atoms with Crippen LogP contribution in [0.2, 0.25) is 0 Å². The van der Waals surface area contributed by atoms with Gasteiger partial charge in [-0.1, -0.05) is 0 Å². The van der Waals surface area contributed by atoms with Gasteiger partial charge in [-0.05, 0) is 56.7 Å². The topological polar surface area (TPSA) is 3.24 Å². The fourth-order valence-electron chi connectivity index (χ4n) is 1.50. The summed E-state index contributed by atoms with van der Waals surface area (Å²) in [5.41, 5.74) is -0.515. The Balaban J connectivity index is 0. The first-order valence-corrected chi connectivity index (χ1v) is 6.28. The fraction of sp³-hybridized carbons (Fsp3) is 1.00. The van der Waals surface area contributed by atoms with Gasteiger partial charge in [0, 0.05) is 5.54 Å². The lowest BCUT2D eigenvalue weighted by Gasteiger charge is -2.29. The van der Waals surface area contributed by atoms with Gasteiger partial charge in [0.25, 0.3) is 0 Å². The predicted octanol–water partition coefficient (Wildman–Crippen LogP) is 0.593. The number of alkyl halides is 1.